The standard InChI is InChI=1S/C18H25N3O2.ClH/c19-16-9-8-14-11-21(12-15(14)16)17(22)7-4-10-20-18(23)13-5-2-1-3-6-13;/h1-3,5-6,14-16H,4,7-12,19H2,(H,20,23);1H. The van der Waals surface area contributed by atoms with Crippen molar-refractivity contribution in [1.82, 2.24) is 10.2 Å². The maximum atomic E-state index is 12.3. The smallest absolute Gasteiger partial charge is 0.251 e. The van der Waals surface area contributed by atoms with Crippen molar-refractivity contribution in [3.63, 3.8) is 0 Å². The SMILES string of the molecule is Cl.NC1CCC2CN(C(=O)CCCNC(=O)c3ccccc3)CC12. The van der Waals surface area contributed by atoms with Crippen molar-refractivity contribution >= 4 is 24.2 Å². The van der Waals surface area contributed by atoms with Crippen LogP contribution in [0.3, 0.4) is 0 Å². The lowest BCUT2D eigenvalue weighted by atomic mass is 9.98. The number of carbonyl (C=O) groups excluding carboxylic acids is 2. The van der Waals surface area contributed by atoms with E-state index in [1.165, 1.54) is 0 Å². The topological polar surface area (TPSA) is 75.4 Å². The molecule has 3 N–H and O–H groups in total. The molecule has 3 unspecified atom stereocenters. The Hall–Kier alpha value is -1.59. The third kappa shape index (κ3) is 4.28. The van der Waals surface area contributed by atoms with Gasteiger partial charge in [-0.2, -0.15) is 0 Å². The van der Waals surface area contributed by atoms with Gasteiger partial charge in [-0.15, -0.1) is 12.4 Å². The number of carbonyl (C=O) groups is 2. The quantitative estimate of drug-likeness (QED) is 0.794. The summed E-state index contributed by atoms with van der Waals surface area (Å²) in [4.78, 5) is 26.1. The Balaban J connectivity index is 0.00000208. The average Bonchev–Trinajstić information content (AvgIpc) is 3.14. The molecule has 0 bridgehead atoms. The molecular weight excluding hydrogens is 326 g/mol. The van der Waals surface area contributed by atoms with Crippen LogP contribution in [0.15, 0.2) is 30.3 Å². The van der Waals surface area contributed by atoms with Crippen molar-refractivity contribution in [3.05, 3.63) is 35.9 Å². The first-order valence-electron chi connectivity index (χ1n) is 8.52. The summed E-state index contributed by atoms with van der Waals surface area (Å²) < 4.78 is 0. The maximum absolute atomic E-state index is 12.3. The minimum Gasteiger partial charge on any atom is -0.352 e. The van der Waals surface area contributed by atoms with Gasteiger partial charge in [-0.1, -0.05) is 18.2 Å². The van der Waals surface area contributed by atoms with E-state index in [1.54, 1.807) is 12.1 Å². The molecular formula is C18H26ClN3O2. The molecule has 24 heavy (non-hydrogen) atoms. The number of likely N-dealkylation sites (tertiary alicyclic amines) is 1. The Labute approximate surface area is 149 Å². The Morgan fingerprint density at radius 1 is 1.17 bits per heavy atom. The van der Waals surface area contributed by atoms with E-state index in [4.69, 9.17) is 5.73 Å². The fraction of sp³-hybridized carbons (Fsp3) is 0.556. The van der Waals surface area contributed by atoms with Gasteiger partial charge in [-0.25, -0.2) is 0 Å². The highest BCUT2D eigenvalue weighted by Crippen LogP contribution is 2.37. The molecule has 3 atom stereocenters. The van der Waals surface area contributed by atoms with Gasteiger partial charge in [0.15, 0.2) is 0 Å². The number of benzene rings is 1. The Kier molecular flexibility index (Phi) is 6.63. The lowest BCUT2D eigenvalue weighted by Crippen LogP contribution is -2.34. The van der Waals surface area contributed by atoms with Crippen molar-refractivity contribution in [1.29, 1.82) is 0 Å². The van der Waals surface area contributed by atoms with Crippen LogP contribution in [-0.2, 0) is 4.79 Å². The van der Waals surface area contributed by atoms with E-state index >= 15 is 0 Å². The fourth-order valence-electron chi connectivity index (χ4n) is 3.80. The summed E-state index contributed by atoms with van der Waals surface area (Å²) in [5.74, 6) is 1.21. The number of fused-ring (bicyclic) bond motifs is 1. The summed E-state index contributed by atoms with van der Waals surface area (Å²) in [6, 6.07) is 9.40. The molecule has 1 heterocycles. The molecule has 1 saturated heterocycles. The van der Waals surface area contributed by atoms with Gasteiger partial charge in [0.25, 0.3) is 5.91 Å². The number of hydrogen-bond donors (Lipinski definition) is 2. The number of halogens is 1. The summed E-state index contributed by atoms with van der Waals surface area (Å²) in [5.41, 5.74) is 6.76. The fourth-order valence-corrected chi connectivity index (χ4v) is 3.80. The highest BCUT2D eigenvalue weighted by atomic mass is 35.5. The first-order chi connectivity index (χ1) is 11.1. The van der Waals surface area contributed by atoms with E-state index < -0.39 is 0 Å². The molecule has 2 amide bonds. The van der Waals surface area contributed by atoms with Crippen LogP contribution in [0.5, 0.6) is 0 Å². The lowest BCUT2D eigenvalue weighted by Gasteiger charge is -2.18. The molecule has 1 aliphatic carbocycles. The van der Waals surface area contributed by atoms with Gasteiger partial charge in [0.05, 0.1) is 0 Å². The first-order valence-corrected chi connectivity index (χ1v) is 8.52. The molecule has 1 saturated carbocycles. The van der Waals surface area contributed by atoms with Crippen LogP contribution < -0.4 is 11.1 Å². The minimum absolute atomic E-state index is 0. The molecule has 1 aliphatic heterocycles. The van der Waals surface area contributed by atoms with Gasteiger partial charge in [0.1, 0.15) is 0 Å². The lowest BCUT2D eigenvalue weighted by molar-refractivity contribution is -0.130. The molecule has 1 aromatic rings. The number of rotatable bonds is 5. The number of hydrogen-bond acceptors (Lipinski definition) is 3. The van der Waals surface area contributed by atoms with E-state index in [1.807, 2.05) is 23.1 Å². The van der Waals surface area contributed by atoms with Gasteiger partial charge in [-0.3, -0.25) is 9.59 Å². The summed E-state index contributed by atoms with van der Waals surface area (Å²) in [5, 5.41) is 2.86. The van der Waals surface area contributed by atoms with Crippen LogP contribution >= 0.6 is 12.4 Å². The molecule has 0 spiro atoms. The molecule has 0 radical (unpaired) electrons. The van der Waals surface area contributed by atoms with Gasteiger partial charge in [-0.05, 0) is 43.2 Å². The summed E-state index contributed by atoms with van der Waals surface area (Å²) >= 11 is 0. The van der Waals surface area contributed by atoms with Crippen LogP contribution in [0.4, 0.5) is 0 Å². The highest BCUT2D eigenvalue weighted by molar-refractivity contribution is 5.94. The third-order valence-electron chi connectivity index (χ3n) is 5.15. The molecule has 5 nitrogen and oxygen atoms in total. The second-order valence-electron chi connectivity index (χ2n) is 6.69. The molecule has 132 valence electrons. The molecule has 6 heteroatoms. The van der Waals surface area contributed by atoms with Crippen LogP contribution in [0.1, 0.15) is 36.0 Å². The zero-order valence-corrected chi connectivity index (χ0v) is 14.6. The summed E-state index contributed by atoms with van der Waals surface area (Å²) in [6.07, 6.45) is 3.42. The molecule has 3 rings (SSSR count). The minimum atomic E-state index is -0.0836. The Bertz CT molecular complexity index is 567. The molecule has 1 aromatic carbocycles. The van der Waals surface area contributed by atoms with Crippen molar-refractivity contribution in [2.75, 3.05) is 19.6 Å². The van der Waals surface area contributed by atoms with E-state index in [-0.39, 0.29) is 30.3 Å². The molecule has 0 aromatic heterocycles. The number of amides is 2. The van der Waals surface area contributed by atoms with Crippen molar-refractivity contribution in [2.45, 2.75) is 31.7 Å². The van der Waals surface area contributed by atoms with E-state index in [0.717, 1.165) is 25.9 Å². The van der Waals surface area contributed by atoms with Crippen LogP contribution in [0, 0.1) is 11.8 Å². The predicted molar refractivity (Wildman–Crippen MR) is 96.0 cm³/mol. The van der Waals surface area contributed by atoms with Crippen LogP contribution in [-0.4, -0.2) is 42.4 Å². The summed E-state index contributed by atoms with van der Waals surface area (Å²) in [6.45, 7) is 2.22. The van der Waals surface area contributed by atoms with Crippen molar-refractivity contribution < 1.29 is 9.59 Å². The largest absolute Gasteiger partial charge is 0.352 e. The first kappa shape index (κ1) is 18.7. The second kappa shape index (κ2) is 8.49. The van der Waals surface area contributed by atoms with Crippen molar-refractivity contribution in [3.8, 4) is 0 Å². The molecule has 2 fully saturated rings. The normalized spacial score (nSPS) is 25.0. The summed E-state index contributed by atoms with van der Waals surface area (Å²) in [7, 11) is 0. The average molecular weight is 352 g/mol. The van der Waals surface area contributed by atoms with Gasteiger partial charge in [0, 0.05) is 37.7 Å². The number of nitrogens with one attached hydrogen (secondary N) is 1. The second-order valence-corrected chi connectivity index (χ2v) is 6.69. The highest BCUT2D eigenvalue weighted by Gasteiger charge is 2.42. The zero-order chi connectivity index (χ0) is 16.2. The maximum Gasteiger partial charge on any atom is 0.251 e. The monoisotopic (exact) mass is 351 g/mol. The Morgan fingerprint density at radius 2 is 1.92 bits per heavy atom. The zero-order valence-electron chi connectivity index (χ0n) is 13.8. The predicted octanol–water partition coefficient (Wildman–Crippen LogP) is 1.81. The number of nitrogens with two attached hydrogens (primary N) is 1. The van der Waals surface area contributed by atoms with Crippen molar-refractivity contribution in [2.24, 2.45) is 17.6 Å². The van der Waals surface area contributed by atoms with Crippen LogP contribution in [0.25, 0.3) is 0 Å². The van der Waals surface area contributed by atoms with Gasteiger partial charge < -0.3 is 16.0 Å². The van der Waals surface area contributed by atoms with E-state index in [0.29, 0.717) is 36.8 Å². The molecule has 2 aliphatic rings. The van der Waals surface area contributed by atoms with E-state index in [2.05, 4.69) is 5.32 Å². The van der Waals surface area contributed by atoms with Crippen LogP contribution in [0.2, 0.25) is 0 Å². The van der Waals surface area contributed by atoms with E-state index in [9.17, 15) is 9.59 Å². The Morgan fingerprint density at radius 3 is 2.62 bits per heavy atom. The number of nitrogens with zero attached hydrogens (tertiary/aromatic N) is 1. The third-order valence-corrected chi connectivity index (χ3v) is 5.15. The van der Waals surface area contributed by atoms with Gasteiger partial charge in [0.2, 0.25) is 5.91 Å². The van der Waals surface area contributed by atoms with Gasteiger partial charge >= 0.3 is 0 Å².